The molecule has 198 valence electrons. The van der Waals surface area contributed by atoms with Crippen LogP contribution in [0.25, 0.3) is 0 Å². The highest BCUT2D eigenvalue weighted by Crippen LogP contribution is 2.30. The van der Waals surface area contributed by atoms with Gasteiger partial charge in [0.15, 0.2) is 18.1 Å². The molecular formula is C25H20Cl4N4O5. The van der Waals surface area contributed by atoms with Gasteiger partial charge in [-0.3, -0.25) is 14.4 Å². The van der Waals surface area contributed by atoms with Gasteiger partial charge in [-0.2, -0.15) is 5.10 Å². The zero-order valence-corrected chi connectivity index (χ0v) is 22.7. The second kappa shape index (κ2) is 13.9. The molecule has 3 aromatic rings. The van der Waals surface area contributed by atoms with Crippen LogP contribution >= 0.6 is 46.4 Å². The molecule has 0 aliphatic heterocycles. The topological polar surface area (TPSA) is 118 Å². The van der Waals surface area contributed by atoms with Crippen LogP contribution in [-0.2, 0) is 14.4 Å². The molecule has 13 heteroatoms. The molecule has 0 aliphatic carbocycles. The van der Waals surface area contributed by atoms with Crippen LogP contribution in [0.5, 0.6) is 11.5 Å². The quantitative estimate of drug-likeness (QED) is 0.163. The Balaban J connectivity index is 1.58. The van der Waals surface area contributed by atoms with Gasteiger partial charge < -0.3 is 20.1 Å². The van der Waals surface area contributed by atoms with E-state index < -0.39 is 17.7 Å². The number of ether oxygens (including phenoxy) is 2. The van der Waals surface area contributed by atoms with Crippen molar-refractivity contribution < 1.29 is 23.9 Å². The highest BCUT2D eigenvalue weighted by molar-refractivity contribution is 6.45. The van der Waals surface area contributed by atoms with E-state index >= 15 is 0 Å². The number of amides is 3. The van der Waals surface area contributed by atoms with E-state index in [1.807, 2.05) is 0 Å². The molecule has 0 heterocycles. The zero-order valence-electron chi connectivity index (χ0n) is 19.7. The fraction of sp³-hybridized carbons (Fsp3) is 0.120. The Kier molecular flexibility index (Phi) is 10.6. The normalized spacial score (nSPS) is 10.7. The summed E-state index contributed by atoms with van der Waals surface area (Å²) >= 11 is 23.8. The summed E-state index contributed by atoms with van der Waals surface area (Å²) in [7, 11) is 0. The molecule has 0 spiro atoms. The van der Waals surface area contributed by atoms with Crippen molar-refractivity contribution in [3.8, 4) is 11.5 Å². The van der Waals surface area contributed by atoms with Crippen molar-refractivity contribution in [2.75, 3.05) is 23.8 Å². The molecule has 0 saturated carbocycles. The molecule has 3 aromatic carbocycles. The number of nitrogens with one attached hydrogen (secondary N) is 3. The molecule has 0 saturated heterocycles. The number of halogens is 4. The Hall–Kier alpha value is -3.50. The second-order valence-electron chi connectivity index (χ2n) is 7.39. The minimum absolute atomic E-state index is 0.107. The van der Waals surface area contributed by atoms with Gasteiger partial charge in [0.2, 0.25) is 0 Å². The molecular weight excluding hydrogens is 578 g/mol. The van der Waals surface area contributed by atoms with Gasteiger partial charge in [0.05, 0.1) is 28.6 Å². The first-order valence-corrected chi connectivity index (χ1v) is 12.4. The molecule has 0 bridgehead atoms. The van der Waals surface area contributed by atoms with Gasteiger partial charge in [-0.15, -0.1) is 0 Å². The van der Waals surface area contributed by atoms with Crippen LogP contribution in [0.1, 0.15) is 12.5 Å². The number of carbonyl (C=O) groups excluding carboxylic acids is 3. The van der Waals surface area contributed by atoms with E-state index in [2.05, 4.69) is 21.2 Å². The van der Waals surface area contributed by atoms with Gasteiger partial charge >= 0.3 is 11.8 Å². The fourth-order valence-electron chi connectivity index (χ4n) is 2.95. The van der Waals surface area contributed by atoms with Crippen molar-refractivity contribution in [2.45, 2.75) is 6.92 Å². The van der Waals surface area contributed by atoms with Crippen LogP contribution in [0, 0.1) is 0 Å². The first-order valence-electron chi connectivity index (χ1n) is 10.9. The maximum absolute atomic E-state index is 12.3. The first kappa shape index (κ1) is 29.1. The minimum atomic E-state index is -1.02. The van der Waals surface area contributed by atoms with Crippen LogP contribution in [0.15, 0.2) is 59.7 Å². The first-order chi connectivity index (χ1) is 18.2. The Bertz CT molecular complexity index is 1360. The summed E-state index contributed by atoms with van der Waals surface area (Å²) in [6.45, 7) is 1.80. The highest BCUT2D eigenvalue weighted by Gasteiger charge is 2.15. The van der Waals surface area contributed by atoms with E-state index in [1.54, 1.807) is 55.5 Å². The summed E-state index contributed by atoms with van der Waals surface area (Å²) < 4.78 is 11.2. The number of hydrazone groups is 1. The third kappa shape index (κ3) is 8.53. The summed E-state index contributed by atoms with van der Waals surface area (Å²) in [5.74, 6) is -1.78. The Labute approximate surface area is 238 Å². The average Bonchev–Trinajstić information content (AvgIpc) is 2.85. The van der Waals surface area contributed by atoms with Crippen molar-refractivity contribution in [3.63, 3.8) is 0 Å². The molecule has 3 N–H and O–H groups in total. The molecule has 9 nitrogen and oxygen atoms in total. The largest absolute Gasteiger partial charge is 0.490 e. The lowest BCUT2D eigenvalue weighted by Crippen LogP contribution is -2.32. The van der Waals surface area contributed by atoms with Gasteiger partial charge in [-0.05, 0) is 61.0 Å². The summed E-state index contributed by atoms with van der Waals surface area (Å²) in [4.78, 5) is 36.4. The second-order valence-corrected chi connectivity index (χ2v) is 9.05. The van der Waals surface area contributed by atoms with Gasteiger partial charge in [0.25, 0.3) is 5.91 Å². The van der Waals surface area contributed by atoms with E-state index in [9.17, 15) is 14.4 Å². The third-order valence-corrected chi connectivity index (χ3v) is 5.81. The third-order valence-electron chi connectivity index (χ3n) is 4.56. The Morgan fingerprint density at radius 1 is 0.868 bits per heavy atom. The standard InChI is InChI=1S/C25H20Cl4N4O5/c1-2-37-21-8-14(12-30-33-25(36)24(35)32-19-5-3-4-18(28)23(19)29)6-7-20(21)38-13-22(34)31-17-10-15(26)9-16(27)11-17/h3-12H,2,13H2,1H3,(H,31,34)(H,32,35)(H,33,36)/b30-12-. The lowest BCUT2D eigenvalue weighted by atomic mass is 10.2. The van der Waals surface area contributed by atoms with E-state index in [0.29, 0.717) is 39.4 Å². The molecule has 0 aliphatic rings. The smallest absolute Gasteiger partial charge is 0.329 e. The number of rotatable bonds is 9. The number of hydrogen-bond acceptors (Lipinski definition) is 6. The van der Waals surface area contributed by atoms with E-state index in [-0.39, 0.29) is 22.3 Å². The zero-order chi connectivity index (χ0) is 27.7. The van der Waals surface area contributed by atoms with Crippen LogP contribution < -0.4 is 25.5 Å². The molecule has 0 aromatic heterocycles. The lowest BCUT2D eigenvalue weighted by Gasteiger charge is -2.13. The number of carbonyl (C=O) groups is 3. The predicted octanol–water partition coefficient (Wildman–Crippen LogP) is 5.81. The Morgan fingerprint density at radius 3 is 2.32 bits per heavy atom. The molecule has 0 radical (unpaired) electrons. The summed E-state index contributed by atoms with van der Waals surface area (Å²) in [5, 5.41) is 9.88. The van der Waals surface area contributed by atoms with Crippen molar-refractivity contribution in [2.24, 2.45) is 5.10 Å². The van der Waals surface area contributed by atoms with Crippen LogP contribution in [0.3, 0.4) is 0 Å². The molecule has 3 rings (SSSR count). The average molecular weight is 598 g/mol. The summed E-state index contributed by atoms with van der Waals surface area (Å²) in [6.07, 6.45) is 1.30. The van der Waals surface area contributed by atoms with Crippen LogP contribution in [-0.4, -0.2) is 37.1 Å². The fourth-order valence-corrected chi connectivity index (χ4v) is 3.83. The van der Waals surface area contributed by atoms with Crippen molar-refractivity contribution in [3.05, 3.63) is 80.3 Å². The van der Waals surface area contributed by atoms with Gasteiger partial charge in [-0.1, -0.05) is 52.5 Å². The van der Waals surface area contributed by atoms with Crippen LogP contribution in [0.2, 0.25) is 20.1 Å². The van der Waals surface area contributed by atoms with Gasteiger partial charge in [-0.25, -0.2) is 5.43 Å². The van der Waals surface area contributed by atoms with Gasteiger partial charge in [0, 0.05) is 15.7 Å². The van der Waals surface area contributed by atoms with E-state index in [1.165, 1.54) is 12.3 Å². The maximum atomic E-state index is 12.3. The molecule has 38 heavy (non-hydrogen) atoms. The van der Waals surface area contributed by atoms with E-state index in [4.69, 9.17) is 55.9 Å². The molecule has 0 fully saturated rings. The minimum Gasteiger partial charge on any atom is -0.490 e. The van der Waals surface area contributed by atoms with Crippen molar-refractivity contribution >= 4 is 81.7 Å². The summed E-state index contributed by atoms with van der Waals surface area (Å²) in [6, 6.07) is 14.1. The number of anilines is 2. The van der Waals surface area contributed by atoms with Crippen molar-refractivity contribution in [1.29, 1.82) is 0 Å². The molecule has 3 amide bonds. The number of nitrogens with zero attached hydrogens (tertiary/aromatic N) is 1. The Morgan fingerprint density at radius 2 is 1.61 bits per heavy atom. The SMILES string of the molecule is CCOc1cc(/C=N\NC(=O)C(=O)Nc2cccc(Cl)c2Cl)ccc1OCC(=O)Nc1cc(Cl)cc(Cl)c1. The maximum Gasteiger partial charge on any atom is 0.329 e. The van der Waals surface area contributed by atoms with Gasteiger partial charge in [0.1, 0.15) is 0 Å². The number of hydrogen-bond donors (Lipinski definition) is 3. The van der Waals surface area contributed by atoms with E-state index in [0.717, 1.165) is 0 Å². The van der Waals surface area contributed by atoms with Crippen LogP contribution in [0.4, 0.5) is 11.4 Å². The lowest BCUT2D eigenvalue weighted by molar-refractivity contribution is -0.136. The van der Waals surface area contributed by atoms with Crippen molar-refractivity contribution in [1.82, 2.24) is 5.43 Å². The summed E-state index contributed by atoms with van der Waals surface area (Å²) in [5.41, 5.74) is 3.26. The molecule has 0 atom stereocenters. The highest BCUT2D eigenvalue weighted by atomic mass is 35.5. The molecule has 0 unspecified atom stereocenters. The predicted molar refractivity (Wildman–Crippen MR) is 149 cm³/mol. The monoisotopic (exact) mass is 596 g/mol. The number of benzene rings is 3.